The molecule has 0 saturated heterocycles. The number of aryl methyl sites for hydroxylation is 1. The van der Waals surface area contributed by atoms with Crippen LogP contribution in [0.25, 0.3) is 0 Å². The molecule has 4 N–H and O–H groups in total. The number of benzene rings is 2. The van der Waals surface area contributed by atoms with Crippen molar-refractivity contribution >= 4 is 11.9 Å². The first-order chi connectivity index (χ1) is 13.2. The molecule has 0 unspecified atom stereocenters. The van der Waals surface area contributed by atoms with Gasteiger partial charge >= 0.3 is 0 Å². The number of nitrogens with zero attached hydrogens (tertiary/aromatic N) is 3. The Morgan fingerprint density at radius 3 is 2.59 bits per heavy atom. The molecule has 7 nitrogen and oxygen atoms in total. The molecule has 0 aliphatic rings. The van der Waals surface area contributed by atoms with Gasteiger partial charge in [0.25, 0.3) is 0 Å². The number of rotatable bonds is 10. The van der Waals surface area contributed by atoms with Crippen LogP contribution in [-0.2, 0) is 20.1 Å². The first-order valence-corrected chi connectivity index (χ1v) is 9.07. The highest BCUT2D eigenvalue weighted by Gasteiger charge is 2.03. The van der Waals surface area contributed by atoms with E-state index in [2.05, 4.69) is 57.1 Å². The lowest BCUT2D eigenvalue weighted by Crippen LogP contribution is -2.13. The first-order valence-electron chi connectivity index (χ1n) is 9.07. The highest BCUT2D eigenvalue weighted by atomic mass is 16.5. The van der Waals surface area contributed by atoms with Gasteiger partial charge in [0.2, 0.25) is 11.9 Å². The van der Waals surface area contributed by atoms with Crippen molar-refractivity contribution in [3.63, 3.8) is 0 Å². The van der Waals surface area contributed by atoms with Crippen LogP contribution in [0.4, 0.5) is 11.9 Å². The highest BCUT2D eigenvalue weighted by molar-refractivity contribution is 5.31. The molecular formula is C20H26N6O. The van der Waals surface area contributed by atoms with Crippen LogP contribution in [0.15, 0.2) is 54.6 Å². The van der Waals surface area contributed by atoms with Crippen molar-refractivity contribution in [3.8, 4) is 5.75 Å². The molecule has 1 heterocycles. The summed E-state index contributed by atoms with van der Waals surface area (Å²) in [6.07, 6.45) is 0.850. The molecule has 0 spiro atoms. The monoisotopic (exact) mass is 366 g/mol. The van der Waals surface area contributed by atoms with Gasteiger partial charge < -0.3 is 21.1 Å². The largest absolute Gasteiger partial charge is 0.494 e. The molecule has 0 radical (unpaired) electrons. The van der Waals surface area contributed by atoms with E-state index in [9.17, 15) is 0 Å². The third-order valence-corrected chi connectivity index (χ3v) is 4.05. The van der Waals surface area contributed by atoms with Gasteiger partial charge in [0.05, 0.1) is 6.61 Å². The molecule has 3 aromatic rings. The molecule has 142 valence electrons. The van der Waals surface area contributed by atoms with Crippen LogP contribution in [0.1, 0.15) is 17.5 Å². The molecule has 7 heteroatoms. The van der Waals surface area contributed by atoms with Gasteiger partial charge in [-0.25, -0.2) is 4.68 Å². The van der Waals surface area contributed by atoms with Gasteiger partial charge in [0.1, 0.15) is 5.75 Å². The molecule has 0 aliphatic carbocycles. The Hall–Kier alpha value is -3.06. The second-order valence-electron chi connectivity index (χ2n) is 6.28. The minimum absolute atomic E-state index is 0.272. The molecule has 0 aliphatic heterocycles. The number of hydrogen-bond acceptors (Lipinski definition) is 6. The second-order valence-corrected chi connectivity index (χ2v) is 6.28. The molecule has 27 heavy (non-hydrogen) atoms. The van der Waals surface area contributed by atoms with E-state index in [-0.39, 0.29) is 5.95 Å². The number of ether oxygens (including phenoxy) is 1. The zero-order chi connectivity index (χ0) is 18.9. The van der Waals surface area contributed by atoms with E-state index in [1.165, 1.54) is 11.1 Å². The summed E-state index contributed by atoms with van der Waals surface area (Å²) in [5, 5.41) is 10.6. The lowest BCUT2D eigenvalue weighted by Gasteiger charge is -2.10. The first kappa shape index (κ1) is 18.7. The van der Waals surface area contributed by atoms with Crippen molar-refractivity contribution in [1.29, 1.82) is 0 Å². The van der Waals surface area contributed by atoms with Gasteiger partial charge in [0.15, 0.2) is 0 Å². The standard InChI is InChI=1S/C20H26N6O/c1-26-20(24-19(21)25-26)23-11-6-12-27-18-10-5-9-17(13-18)15-22-14-16-7-3-2-4-8-16/h2-5,7-10,13,22H,6,11-12,14-15H2,1H3,(H3,21,23,24,25). The smallest absolute Gasteiger partial charge is 0.241 e. The third-order valence-electron chi connectivity index (χ3n) is 4.05. The SMILES string of the molecule is Cn1nc(N)nc1NCCCOc1cccc(CNCc2ccccc2)c1. The number of nitrogens with one attached hydrogen (secondary N) is 2. The van der Waals surface area contributed by atoms with Crippen LogP contribution >= 0.6 is 0 Å². The topological polar surface area (TPSA) is 90.0 Å². The maximum absolute atomic E-state index is 5.85. The van der Waals surface area contributed by atoms with E-state index in [4.69, 9.17) is 10.5 Å². The minimum Gasteiger partial charge on any atom is -0.494 e. The zero-order valence-corrected chi connectivity index (χ0v) is 15.6. The second kappa shape index (κ2) is 9.59. The zero-order valence-electron chi connectivity index (χ0n) is 15.6. The Bertz CT molecular complexity index is 833. The van der Waals surface area contributed by atoms with E-state index < -0.39 is 0 Å². The Morgan fingerprint density at radius 2 is 1.81 bits per heavy atom. The summed E-state index contributed by atoms with van der Waals surface area (Å²) in [5.74, 6) is 1.82. The van der Waals surface area contributed by atoms with E-state index >= 15 is 0 Å². The minimum atomic E-state index is 0.272. The molecular weight excluding hydrogens is 340 g/mol. The van der Waals surface area contributed by atoms with Crippen molar-refractivity contribution in [1.82, 2.24) is 20.1 Å². The van der Waals surface area contributed by atoms with Crippen molar-refractivity contribution < 1.29 is 4.74 Å². The predicted molar refractivity (Wildman–Crippen MR) is 107 cm³/mol. The number of nitrogens with two attached hydrogens (primary N) is 1. The number of hydrogen-bond donors (Lipinski definition) is 3. The predicted octanol–water partition coefficient (Wildman–Crippen LogP) is 2.57. The fraction of sp³-hybridized carbons (Fsp3) is 0.300. The summed E-state index contributed by atoms with van der Waals surface area (Å²) in [6.45, 7) is 3.02. The lowest BCUT2D eigenvalue weighted by molar-refractivity contribution is 0.314. The summed E-state index contributed by atoms with van der Waals surface area (Å²) in [5.41, 5.74) is 8.04. The maximum Gasteiger partial charge on any atom is 0.241 e. The lowest BCUT2D eigenvalue weighted by atomic mass is 10.2. The Morgan fingerprint density at radius 1 is 1.04 bits per heavy atom. The molecule has 0 fully saturated rings. The fourth-order valence-electron chi connectivity index (χ4n) is 2.71. The van der Waals surface area contributed by atoms with E-state index in [0.717, 1.165) is 31.8 Å². The van der Waals surface area contributed by atoms with E-state index in [1.807, 2.05) is 18.2 Å². The average Bonchev–Trinajstić information content (AvgIpc) is 3.00. The number of aromatic nitrogens is 3. The normalized spacial score (nSPS) is 10.7. The fourth-order valence-corrected chi connectivity index (χ4v) is 2.71. The summed E-state index contributed by atoms with van der Waals surface area (Å²) in [6, 6.07) is 18.6. The molecule has 0 atom stereocenters. The summed E-state index contributed by atoms with van der Waals surface area (Å²) >= 11 is 0. The Balaban J connectivity index is 1.36. The van der Waals surface area contributed by atoms with Crippen LogP contribution in [-0.4, -0.2) is 27.9 Å². The van der Waals surface area contributed by atoms with Crippen LogP contribution in [0, 0.1) is 0 Å². The van der Waals surface area contributed by atoms with Gasteiger partial charge in [-0.15, -0.1) is 5.10 Å². The van der Waals surface area contributed by atoms with E-state index in [0.29, 0.717) is 12.6 Å². The summed E-state index contributed by atoms with van der Waals surface area (Å²) in [7, 11) is 1.81. The molecule has 0 bridgehead atoms. The Labute approximate surface area is 159 Å². The number of anilines is 2. The molecule has 2 aromatic carbocycles. The van der Waals surface area contributed by atoms with Gasteiger partial charge in [-0.3, -0.25) is 0 Å². The van der Waals surface area contributed by atoms with Crippen molar-refractivity contribution in [2.75, 3.05) is 24.2 Å². The quantitative estimate of drug-likeness (QED) is 0.478. The Kier molecular flexibility index (Phi) is 6.65. The maximum atomic E-state index is 5.85. The number of nitrogen functional groups attached to an aromatic ring is 1. The van der Waals surface area contributed by atoms with Crippen LogP contribution in [0.2, 0.25) is 0 Å². The van der Waals surface area contributed by atoms with Crippen LogP contribution < -0.4 is 21.1 Å². The molecule has 1 aromatic heterocycles. The van der Waals surface area contributed by atoms with Gasteiger partial charge in [-0.1, -0.05) is 42.5 Å². The highest BCUT2D eigenvalue weighted by Crippen LogP contribution is 2.14. The molecule has 0 saturated carbocycles. The van der Waals surface area contributed by atoms with Crippen LogP contribution in [0.3, 0.4) is 0 Å². The summed E-state index contributed by atoms with van der Waals surface area (Å²) < 4.78 is 7.48. The molecule has 3 rings (SSSR count). The van der Waals surface area contributed by atoms with Crippen molar-refractivity contribution in [2.24, 2.45) is 7.05 Å². The average molecular weight is 366 g/mol. The van der Waals surface area contributed by atoms with Gasteiger partial charge in [-0.05, 0) is 29.7 Å². The van der Waals surface area contributed by atoms with Gasteiger partial charge in [0, 0.05) is 26.7 Å². The molecule has 0 amide bonds. The van der Waals surface area contributed by atoms with Gasteiger partial charge in [-0.2, -0.15) is 4.98 Å². The van der Waals surface area contributed by atoms with Crippen LogP contribution in [0.5, 0.6) is 5.75 Å². The summed E-state index contributed by atoms with van der Waals surface area (Å²) in [4.78, 5) is 4.10. The third kappa shape index (κ3) is 6.00. The van der Waals surface area contributed by atoms with Crippen molar-refractivity contribution in [3.05, 3.63) is 65.7 Å². The van der Waals surface area contributed by atoms with Crippen molar-refractivity contribution in [2.45, 2.75) is 19.5 Å². The van der Waals surface area contributed by atoms with E-state index in [1.54, 1.807) is 11.7 Å².